The molecule has 6 heteroatoms. The Kier molecular flexibility index (Phi) is 4.14. The molecule has 2 N–H and O–H groups in total. The summed E-state index contributed by atoms with van der Waals surface area (Å²) in [5.74, 6) is 0.769. The topological polar surface area (TPSA) is 73.5 Å². The molecule has 0 spiro atoms. The molecule has 0 unspecified atom stereocenters. The van der Waals surface area contributed by atoms with Crippen LogP contribution < -0.4 is 0 Å². The number of nitrogens with one attached hydrogen (secondary N) is 2. The Morgan fingerprint density at radius 3 is 2.69 bits per heavy atom. The van der Waals surface area contributed by atoms with E-state index in [1.54, 1.807) is 0 Å². The van der Waals surface area contributed by atoms with Crippen molar-refractivity contribution < 1.29 is 0 Å². The van der Waals surface area contributed by atoms with Crippen LogP contribution in [0, 0.1) is 6.92 Å². The fourth-order valence-electron chi connectivity index (χ4n) is 3.79. The summed E-state index contributed by atoms with van der Waals surface area (Å²) in [5.41, 5.74) is 8.51. The van der Waals surface area contributed by atoms with Gasteiger partial charge in [0.1, 0.15) is 5.69 Å². The molecule has 0 bridgehead atoms. The third-order valence-electron chi connectivity index (χ3n) is 5.29. The molecule has 5 rings (SSSR count). The van der Waals surface area contributed by atoms with Gasteiger partial charge in [-0.1, -0.05) is 18.2 Å². The monoisotopic (exact) mass is 382 g/mol. The van der Waals surface area contributed by atoms with Gasteiger partial charge < -0.3 is 9.88 Å². The highest BCUT2D eigenvalue weighted by molar-refractivity contribution is 5.95. The average molecular weight is 382 g/mol. The molecule has 3 heterocycles. The van der Waals surface area contributed by atoms with E-state index in [0.717, 1.165) is 51.1 Å². The Bertz CT molecular complexity index is 1290. The van der Waals surface area contributed by atoms with Gasteiger partial charge >= 0.3 is 0 Å². The summed E-state index contributed by atoms with van der Waals surface area (Å²) < 4.78 is 0. The van der Waals surface area contributed by atoms with Gasteiger partial charge in [-0.2, -0.15) is 5.10 Å². The maximum atomic E-state index is 4.72. The van der Waals surface area contributed by atoms with Gasteiger partial charge in [-0.05, 0) is 62.0 Å². The molecule has 0 aliphatic rings. The van der Waals surface area contributed by atoms with Gasteiger partial charge in [0.05, 0.1) is 16.6 Å². The number of imidazole rings is 1. The van der Waals surface area contributed by atoms with Crippen molar-refractivity contribution in [1.82, 2.24) is 30.0 Å². The lowest BCUT2D eigenvalue weighted by molar-refractivity contribution is 0.401. The SMILES string of the molecule is Cc1c(CN(C)C)cncc1-c1ccc2[nH]nc(-c3nc4ccccc4[nH]3)c2c1. The van der Waals surface area contributed by atoms with Crippen molar-refractivity contribution in [1.29, 1.82) is 0 Å². The van der Waals surface area contributed by atoms with Gasteiger partial charge in [0, 0.05) is 29.9 Å². The Labute approximate surface area is 168 Å². The van der Waals surface area contributed by atoms with Crippen molar-refractivity contribution in [2.45, 2.75) is 13.5 Å². The summed E-state index contributed by atoms with van der Waals surface area (Å²) in [6, 6.07) is 14.4. The van der Waals surface area contributed by atoms with Gasteiger partial charge in [-0.25, -0.2) is 4.98 Å². The Hall–Kier alpha value is -3.51. The molecule has 29 heavy (non-hydrogen) atoms. The number of hydrogen-bond acceptors (Lipinski definition) is 4. The second-order valence-corrected chi connectivity index (χ2v) is 7.64. The van der Waals surface area contributed by atoms with E-state index in [4.69, 9.17) is 4.98 Å². The van der Waals surface area contributed by atoms with Gasteiger partial charge in [-0.15, -0.1) is 0 Å². The van der Waals surface area contributed by atoms with E-state index < -0.39 is 0 Å². The second kappa shape index (κ2) is 6.83. The van der Waals surface area contributed by atoms with E-state index in [2.05, 4.69) is 64.3 Å². The predicted molar refractivity (Wildman–Crippen MR) is 117 cm³/mol. The highest BCUT2D eigenvalue weighted by Crippen LogP contribution is 2.32. The van der Waals surface area contributed by atoms with Crippen molar-refractivity contribution in [2.24, 2.45) is 0 Å². The first-order valence-corrected chi connectivity index (χ1v) is 9.62. The zero-order valence-corrected chi connectivity index (χ0v) is 16.7. The Morgan fingerprint density at radius 1 is 1.00 bits per heavy atom. The summed E-state index contributed by atoms with van der Waals surface area (Å²) in [4.78, 5) is 14.7. The van der Waals surface area contributed by atoms with Crippen LogP contribution in [0.2, 0.25) is 0 Å². The molecule has 0 fully saturated rings. The second-order valence-electron chi connectivity index (χ2n) is 7.64. The van der Waals surface area contributed by atoms with Gasteiger partial charge in [0.25, 0.3) is 0 Å². The lowest BCUT2D eigenvalue weighted by Crippen LogP contribution is -2.12. The molecular weight excluding hydrogens is 360 g/mol. The third-order valence-corrected chi connectivity index (χ3v) is 5.29. The predicted octanol–water partition coefficient (Wildman–Crippen LogP) is 4.54. The smallest absolute Gasteiger partial charge is 0.159 e. The van der Waals surface area contributed by atoms with Crippen molar-refractivity contribution in [3.8, 4) is 22.6 Å². The molecule has 0 atom stereocenters. The molecule has 0 aliphatic carbocycles. The van der Waals surface area contributed by atoms with Crippen LogP contribution in [0.5, 0.6) is 0 Å². The number of rotatable bonds is 4. The van der Waals surface area contributed by atoms with Crippen LogP contribution in [0.1, 0.15) is 11.1 Å². The number of nitrogens with zero attached hydrogens (tertiary/aromatic N) is 4. The number of fused-ring (bicyclic) bond motifs is 2. The van der Waals surface area contributed by atoms with Crippen molar-refractivity contribution >= 4 is 21.9 Å². The third kappa shape index (κ3) is 3.07. The summed E-state index contributed by atoms with van der Waals surface area (Å²) >= 11 is 0. The highest BCUT2D eigenvalue weighted by atomic mass is 15.1. The van der Waals surface area contributed by atoms with Gasteiger partial charge in [-0.3, -0.25) is 10.1 Å². The first-order valence-electron chi connectivity index (χ1n) is 9.62. The molecule has 3 aromatic heterocycles. The minimum absolute atomic E-state index is 0.769. The van der Waals surface area contributed by atoms with E-state index in [9.17, 15) is 0 Å². The van der Waals surface area contributed by atoms with E-state index in [1.165, 1.54) is 11.1 Å². The molecule has 0 saturated carbocycles. The van der Waals surface area contributed by atoms with Crippen LogP contribution >= 0.6 is 0 Å². The minimum atomic E-state index is 0.769. The van der Waals surface area contributed by atoms with Crippen molar-refractivity contribution in [3.63, 3.8) is 0 Å². The van der Waals surface area contributed by atoms with Gasteiger partial charge in [0.2, 0.25) is 0 Å². The zero-order chi connectivity index (χ0) is 20.0. The molecule has 0 amide bonds. The fourth-order valence-corrected chi connectivity index (χ4v) is 3.79. The number of aromatic nitrogens is 5. The van der Waals surface area contributed by atoms with Crippen LogP contribution in [-0.2, 0) is 6.54 Å². The quantitative estimate of drug-likeness (QED) is 0.479. The number of hydrogen-bond donors (Lipinski definition) is 2. The van der Waals surface area contributed by atoms with Crippen LogP contribution in [0.3, 0.4) is 0 Å². The van der Waals surface area contributed by atoms with E-state index in [1.807, 2.05) is 36.7 Å². The molecule has 0 radical (unpaired) electrons. The average Bonchev–Trinajstić information content (AvgIpc) is 3.32. The molecule has 0 aliphatic heterocycles. The van der Waals surface area contributed by atoms with E-state index >= 15 is 0 Å². The minimum Gasteiger partial charge on any atom is -0.337 e. The van der Waals surface area contributed by atoms with Crippen LogP contribution in [0.15, 0.2) is 54.9 Å². The molecule has 6 nitrogen and oxygen atoms in total. The lowest BCUT2D eigenvalue weighted by Gasteiger charge is -2.14. The highest BCUT2D eigenvalue weighted by Gasteiger charge is 2.15. The number of pyridine rings is 1. The summed E-state index contributed by atoms with van der Waals surface area (Å²) in [6.45, 7) is 3.03. The van der Waals surface area contributed by atoms with E-state index in [-0.39, 0.29) is 0 Å². The molecule has 144 valence electrons. The molecule has 5 aromatic rings. The molecule has 0 saturated heterocycles. The first-order chi connectivity index (χ1) is 14.1. The largest absolute Gasteiger partial charge is 0.337 e. The van der Waals surface area contributed by atoms with Crippen LogP contribution in [0.4, 0.5) is 0 Å². The lowest BCUT2D eigenvalue weighted by atomic mass is 9.97. The van der Waals surface area contributed by atoms with Crippen LogP contribution in [0.25, 0.3) is 44.6 Å². The normalized spacial score (nSPS) is 11.7. The number of para-hydroxylation sites is 2. The number of benzene rings is 2. The zero-order valence-electron chi connectivity index (χ0n) is 16.7. The van der Waals surface area contributed by atoms with Crippen molar-refractivity contribution in [3.05, 3.63) is 66.0 Å². The molecule has 2 aromatic carbocycles. The summed E-state index contributed by atoms with van der Waals surface area (Å²) in [7, 11) is 4.15. The maximum absolute atomic E-state index is 4.72. The first kappa shape index (κ1) is 17.6. The van der Waals surface area contributed by atoms with Gasteiger partial charge in [0.15, 0.2) is 5.82 Å². The summed E-state index contributed by atoms with van der Waals surface area (Å²) in [6.07, 6.45) is 3.89. The summed E-state index contributed by atoms with van der Waals surface area (Å²) in [5, 5.41) is 8.70. The Morgan fingerprint density at radius 2 is 1.86 bits per heavy atom. The van der Waals surface area contributed by atoms with Crippen LogP contribution in [-0.4, -0.2) is 44.1 Å². The van der Waals surface area contributed by atoms with Crippen molar-refractivity contribution in [2.75, 3.05) is 14.1 Å². The maximum Gasteiger partial charge on any atom is 0.159 e. The standard InChI is InChI=1S/C23H22N6/c1-14-16(13-29(2)3)11-24-12-18(14)15-8-9-19-17(10-15)22(28-27-19)23-25-20-6-4-5-7-21(20)26-23/h4-12H,13H2,1-3H3,(H,25,26)(H,27,28). The van der Waals surface area contributed by atoms with E-state index in [0.29, 0.717) is 0 Å². The number of aromatic amines is 2. The Balaban J connectivity index is 1.64. The number of H-pyrrole nitrogens is 2. The fraction of sp³-hybridized carbons (Fsp3) is 0.174. The molecular formula is C23H22N6.